The molecule has 0 fully saturated rings. The van der Waals surface area contributed by atoms with Crippen LogP contribution in [0.1, 0.15) is 31.9 Å². The minimum Gasteiger partial charge on any atom is -0.383 e. The van der Waals surface area contributed by atoms with Crippen molar-refractivity contribution in [3.8, 4) is 11.1 Å². The summed E-state index contributed by atoms with van der Waals surface area (Å²) in [4.78, 5) is 0. The van der Waals surface area contributed by atoms with Gasteiger partial charge >= 0.3 is 0 Å². The molecule has 0 spiro atoms. The SMILES string of the molecule is CCCCCc1nn(C)c(N)c1-c1ccc(F)cc1F. The van der Waals surface area contributed by atoms with Crippen molar-refractivity contribution in [2.75, 3.05) is 5.73 Å². The Morgan fingerprint density at radius 3 is 2.65 bits per heavy atom. The van der Waals surface area contributed by atoms with Gasteiger partial charge in [0.05, 0.1) is 5.69 Å². The summed E-state index contributed by atoms with van der Waals surface area (Å²) >= 11 is 0. The van der Waals surface area contributed by atoms with Gasteiger partial charge in [-0.05, 0) is 25.0 Å². The number of hydrogen-bond acceptors (Lipinski definition) is 2. The van der Waals surface area contributed by atoms with Crippen LogP contribution in [0.2, 0.25) is 0 Å². The molecule has 1 aromatic carbocycles. The molecule has 108 valence electrons. The van der Waals surface area contributed by atoms with Crippen LogP contribution in [0, 0.1) is 11.6 Å². The molecule has 0 radical (unpaired) electrons. The topological polar surface area (TPSA) is 43.8 Å². The Balaban J connectivity index is 2.43. The second-order valence-corrected chi connectivity index (χ2v) is 4.91. The Morgan fingerprint density at radius 1 is 1.25 bits per heavy atom. The normalized spacial score (nSPS) is 11.0. The van der Waals surface area contributed by atoms with Crippen LogP contribution >= 0.6 is 0 Å². The van der Waals surface area contributed by atoms with Crippen molar-refractivity contribution in [2.24, 2.45) is 7.05 Å². The van der Waals surface area contributed by atoms with E-state index in [2.05, 4.69) is 12.0 Å². The molecular weight excluding hydrogens is 260 g/mol. The minimum atomic E-state index is -0.610. The van der Waals surface area contributed by atoms with E-state index in [4.69, 9.17) is 5.73 Å². The molecule has 2 aromatic rings. The minimum absolute atomic E-state index is 0.309. The molecule has 0 amide bonds. The number of nitrogens with zero attached hydrogens (tertiary/aromatic N) is 2. The fourth-order valence-electron chi connectivity index (χ4n) is 2.30. The van der Waals surface area contributed by atoms with Crippen molar-refractivity contribution in [1.82, 2.24) is 9.78 Å². The molecule has 3 nitrogen and oxygen atoms in total. The lowest BCUT2D eigenvalue weighted by molar-refractivity contribution is 0.585. The number of benzene rings is 1. The zero-order chi connectivity index (χ0) is 14.7. The molecule has 0 saturated carbocycles. The first kappa shape index (κ1) is 14.5. The van der Waals surface area contributed by atoms with E-state index in [1.165, 1.54) is 12.1 Å². The maximum atomic E-state index is 14.0. The van der Waals surface area contributed by atoms with Crippen molar-refractivity contribution in [1.29, 1.82) is 0 Å². The summed E-state index contributed by atoms with van der Waals surface area (Å²) in [7, 11) is 1.73. The van der Waals surface area contributed by atoms with Crippen molar-refractivity contribution in [3.05, 3.63) is 35.5 Å². The van der Waals surface area contributed by atoms with E-state index < -0.39 is 11.6 Å². The van der Waals surface area contributed by atoms with Gasteiger partial charge in [0.2, 0.25) is 0 Å². The van der Waals surface area contributed by atoms with E-state index in [0.29, 0.717) is 16.9 Å². The average Bonchev–Trinajstić information content (AvgIpc) is 2.67. The highest BCUT2D eigenvalue weighted by Gasteiger charge is 2.18. The predicted octanol–water partition coefficient (Wildman–Crippen LogP) is 3.68. The van der Waals surface area contributed by atoms with E-state index in [1.54, 1.807) is 11.7 Å². The molecule has 5 heteroatoms. The molecule has 0 unspecified atom stereocenters. The molecule has 20 heavy (non-hydrogen) atoms. The number of aryl methyl sites for hydroxylation is 2. The summed E-state index contributed by atoms with van der Waals surface area (Å²) in [5, 5.41) is 4.35. The highest BCUT2D eigenvalue weighted by atomic mass is 19.1. The van der Waals surface area contributed by atoms with Crippen LogP contribution in [-0.2, 0) is 13.5 Å². The van der Waals surface area contributed by atoms with E-state index in [0.717, 1.165) is 37.4 Å². The van der Waals surface area contributed by atoms with Crippen LogP contribution in [0.25, 0.3) is 11.1 Å². The molecule has 2 rings (SSSR count). The van der Waals surface area contributed by atoms with Gasteiger partial charge in [-0.15, -0.1) is 0 Å². The zero-order valence-electron chi connectivity index (χ0n) is 11.8. The lowest BCUT2D eigenvalue weighted by Crippen LogP contribution is -1.98. The second kappa shape index (κ2) is 6.03. The lowest BCUT2D eigenvalue weighted by Gasteiger charge is -2.06. The van der Waals surface area contributed by atoms with Crippen LogP contribution in [0.15, 0.2) is 18.2 Å². The number of nitrogen functional groups attached to an aromatic ring is 1. The Hall–Kier alpha value is -1.91. The third-order valence-corrected chi connectivity index (χ3v) is 3.38. The van der Waals surface area contributed by atoms with Crippen molar-refractivity contribution >= 4 is 5.82 Å². The maximum absolute atomic E-state index is 14.0. The number of anilines is 1. The van der Waals surface area contributed by atoms with Gasteiger partial charge in [0.1, 0.15) is 17.5 Å². The fraction of sp³-hybridized carbons (Fsp3) is 0.400. The van der Waals surface area contributed by atoms with Crippen LogP contribution in [0.4, 0.5) is 14.6 Å². The summed E-state index contributed by atoms with van der Waals surface area (Å²) in [6.07, 6.45) is 3.90. The number of nitrogens with two attached hydrogens (primary N) is 1. The Morgan fingerprint density at radius 2 is 2.00 bits per heavy atom. The Kier molecular flexibility index (Phi) is 4.37. The molecule has 0 saturated heterocycles. The van der Waals surface area contributed by atoms with Gasteiger partial charge < -0.3 is 5.73 Å². The molecule has 0 atom stereocenters. The zero-order valence-corrected chi connectivity index (χ0v) is 11.8. The van der Waals surface area contributed by atoms with Gasteiger partial charge in [0, 0.05) is 24.2 Å². The first-order valence-corrected chi connectivity index (χ1v) is 6.81. The van der Waals surface area contributed by atoms with E-state index in [1.807, 2.05) is 0 Å². The van der Waals surface area contributed by atoms with Crippen LogP contribution < -0.4 is 5.73 Å². The Bertz CT molecular complexity index is 605. The molecule has 0 bridgehead atoms. The maximum Gasteiger partial charge on any atom is 0.134 e. The van der Waals surface area contributed by atoms with Gasteiger partial charge in [-0.3, -0.25) is 4.68 Å². The van der Waals surface area contributed by atoms with Gasteiger partial charge in [-0.1, -0.05) is 19.8 Å². The largest absolute Gasteiger partial charge is 0.383 e. The van der Waals surface area contributed by atoms with Gasteiger partial charge in [0.15, 0.2) is 0 Å². The lowest BCUT2D eigenvalue weighted by atomic mass is 10.0. The number of hydrogen-bond donors (Lipinski definition) is 1. The number of unbranched alkanes of at least 4 members (excludes halogenated alkanes) is 2. The first-order valence-electron chi connectivity index (χ1n) is 6.81. The summed E-state index contributed by atoms with van der Waals surface area (Å²) < 4.78 is 28.5. The predicted molar refractivity (Wildman–Crippen MR) is 76.2 cm³/mol. The van der Waals surface area contributed by atoms with Gasteiger partial charge in [-0.25, -0.2) is 8.78 Å². The molecule has 1 aromatic heterocycles. The molecular formula is C15H19F2N3. The summed E-state index contributed by atoms with van der Waals surface area (Å²) in [6.45, 7) is 2.12. The van der Waals surface area contributed by atoms with E-state index in [-0.39, 0.29) is 0 Å². The first-order chi connectivity index (χ1) is 9.54. The van der Waals surface area contributed by atoms with E-state index >= 15 is 0 Å². The average molecular weight is 279 g/mol. The number of aromatic nitrogens is 2. The Labute approximate surface area is 117 Å². The van der Waals surface area contributed by atoms with E-state index in [9.17, 15) is 8.78 Å². The molecule has 0 aliphatic heterocycles. The van der Waals surface area contributed by atoms with Crippen molar-refractivity contribution < 1.29 is 8.78 Å². The summed E-state index contributed by atoms with van der Waals surface area (Å²) in [6, 6.07) is 3.53. The van der Waals surface area contributed by atoms with Gasteiger partial charge in [0.25, 0.3) is 0 Å². The number of halogens is 2. The quantitative estimate of drug-likeness (QED) is 0.848. The molecule has 1 heterocycles. The third kappa shape index (κ3) is 2.81. The van der Waals surface area contributed by atoms with Gasteiger partial charge in [-0.2, -0.15) is 5.10 Å². The summed E-state index contributed by atoms with van der Waals surface area (Å²) in [5.41, 5.74) is 7.65. The monoisotopic (exact) mass is 279 g/mol. The fourth-order valence-corrected chi connectivity index (χ4v) is 2.30. The molecule has 0 aliphatic rings. The van der Waals surface area contributed by atoms with Crippen LogP contribution in [0.3, 0.4) is 0 Å². The highest BCUT2D eigenvalue weighted by molar-refractivity contribution is 5.77. The van der Waals surface area contributed by atoms with Crippen molar-refractivity contribution in [2.45, 2.75) is 32.6 Å². The summed E-state index contributed by atoms with van der Waals surface area (Å²) in [5.74, 6) is -0.801. The third-order valence-electron chi connectivity index (χ3n) is 3.38. The van der Waals surface area contributed by atoms with Crippen LogP contribution in [0.5, 0.6) is 0 Å². The molecule has 2 N–H and O–H groups in total. The van der Waals surface area contributed by atoms with Crippen molar-refractivity contribution in [3.63, 3.8) is 0 Å². The smallest absolute Gasteiger partial charge is 0.134 e. The highest BCUT2D eigenvalue weighted by Crippen LogP contribution is 2.32. The second-order valence-electron chi connectivity index (χ2n) is 4.91. The molecule has 0 aliphatic carbocycles. The standard InChI is InChI=1S/C15H19F2N3/c1-3-4-5-6-13-14(15(18)20(2)19-13)11-8-7-10(16)9-12(11)17/h7-9H,3-6,18H2,1-2H3. The van der Waals surface area contributed by atoms with Crippen LogP contribution in [-0.4, -0.2) is 9.78 Å². The number of rotatable bonds is 5.